The summed E-state index contributed by atoms with van der Waals surface area (Å²) in [4.78, 5) is 18.4. The van der Waals surface area contributed by atoms with Gasteiger partial charge in [-0.05, 0) is 12.5 Å². The quantitative estimate of drug-likeness (QED) is 0.733. The summed E-state index contributed by atoms with van der Waals surface area (Å²) in [7, 11) is 0. The molecule has 0 aliphatic carbocycles. The molecule has 0 amide bonds. The van der Waals surface area contributed by atoms with Crippen LogP contribution in [0.25, 0.3) is 0 Å². The highest BCUT2D eigenvalue weighted by atomic mass is 16.4. The SMILES string of the molecule is CC(CCNc1ncccn1)C(=O)O. The Morgan fingerprint density at radius 1 is 1.57 bits per heavy atom. The summed E-state index contributed by atoms with van der Waals surface area (Å²) < 4.78 is 0. The number of nitrogens with one attached hydrogen (secondary N) is 1. The molecule has 1 rings (SSSR count). The first-order valence-electron chi connectivity index (χ1n) is 4.44. The second-order valence-corrected chi connectivity index (χ2v) is 3.03. The van der Waals surface area contributed by atoms with Crippen molar-refractivity contribution in [3.63, 3.8) is 0 Å². The average Bonchev–Trinajstić information content (AvgIpc) is 2.19. The van der Waals surface area contributed by atoms with Crippen LogP contribution in [-0.2, 0) is 4.79 Å². The van der Waals surface area contributed by atoms with Crippen molar-refractivity contribution in [1.82, 2.24) is 9.97 Å². The molecule has 1 atom stereocenters. The van der Waals surface area contributed by atoms with Crippen molar-refractivity contribution in [3.8, 4) is 0 Å². The zero-order valence-electron chi connectivity index (χ0n) is 7.97. The Labute approximate surface area is 82.2 Å². The van der Waals surface area contributed by atoms with Crippen LogP contribution in [-0.4, -0.2) is 27.6 Å². The van der Waals surface area contributed by atoms with Gasteiger partial charge in [-0.25, -0.2) is 9.97 Å². The van der Waals surface area contributed by atoms with E-state index in [0.29, 0.717) is 18.9 Å². The van der Waals surface area contributed by atoms with Crippen molar-refractivity contribution in [2.45, 2.75) is 13.3 Å². The van der Waals surface area contributed by atoms with Gasteiger partial charge in [0, 0.05) is 18.9 Å². The topological polar surface area (TPSA) is 75.1 Å². The third-order valence-corrected chi connectivity index (χ3v) is 1.85. The summed E-state index contributed by atoms with van der Waals surface area (Å²) in [5.74, 6) is -0.586. The largest absolute Gasteiger partial charge is 0.481 e. The molecule has 0 saturated carbocycles. The van der Waals surface area contributed by atoms with E-state index >= 15 is 0 Å². The summed E-state index contributed by atoms with van der Waals surface area (Å²) >= 11 is 0. The number of aromatic nitrogens is 2. The van der Waals surface area contributed by atoms with E-state index in [1.165, 1.54) is 0 Å². The molecule has 76 valence electrons. The van der Waals surface area contributed by atoms with Gasteiger partial charge in [0.1, 0.15) is 0 Å². The van der Waals surface area contributed by atoms with Gasteiger partial charge < -0.3 is 10.4 Å². The molecule has 2 N–H and O–H groups in total. The minimum atomic E-state index is -0.777. The number of carboxylic acids is 1. The molecule has 0 aromatic carbocycles. The molecule has 1 aromatic rings. The zero-order chi connectivity index (χ0) is 10.4. The number of nitrogens with zero attached hydrogens (tertiary/aromatic N) is 2. The van der Waals surface area contributed by atoms with E-state index in [0.717, 1.165) is 0 Å². The van der Waals surface area contributed by atoms with Crippen LogP contribution in [0.2, 0.25) is 0 Å². The summed E-state index contributed by atoms with van der Waals surface area (Å²) in [5, 5.41) is 11.6. The minimum absolute atomic E-state index is 0.341. The van der Waals surface area contributed by atoms with Crippen LogP contribution in [0.15, 0.2) is 18.5 Å². The fourth-order valence-electron chi connectivity index (χ4n) is 0.914. The molecule has 1 heterocycles. The molecule has 0 fully saturated rings. The van der Waals surface area contributed by atoms with Gasteiger partial charge in [0.05, 0.1) is 5.92 Å². The predicted octanol–water partition coefficient (Wildman–Crippen LogP) is 0.999. The highest BCUT2D eigenvalue weighted by Crippen LogP contribution is 2.02. The van der Waals surface area contributed by atoms with Crippen molar-refractivity contribution in [2.24, 2.45) is 5.92 Å². The van der Waals surface area contributed by atoms with E-state index in [1.807, 2.05) is 0 Å². The highest BCUT2D eigenvalue weighted by Gasteiger charge is 2.09. The lowest BCUT2D eigenvalue weighted by Gasteiger charge is -2.06. The van der Waals surface area contributed by atoms with Gasteiger partial charge in [0.15, 0.2) is 0 Å². The van der Waals surface area contributed by atoms with E-state index in [9.17, 15) is 4.79 Å². The second kappa shape index (κ2) is 5.16. The van der Waals surface area contributed by atoms with Crippen LogP contribution in [0.3, 0.4) is 0 Å². The number of carboxylic acid groups (broad SMARTS) is 1. The Morgan fingerprint density at radius 2 is 2.21 bits per heavy atom. The lowest BCUT2D eigenvalue weighted by molar-refractivity contribution is -0.141. The van der Waals surface area contributed by atoms with Crippen LogP contribution >= 0.6 is 0 Å². The first kappa shape index (κ1) is 10.4. The van der Waals surface area contributed by atoms with Crippen molar-refractivity contribution < 1.29 is 9.90 Å². The van der Waals surface area contributed by atoms with Gasteiger partial charge in [0.25, 0.3) is 0 Å². The summed E-state index contributed by atoms with van der Waals surface area (Å²) in [6, 6.07) is 1.73. The van der Waals surface area contributed by atoms with Crippen molar-refractivity contribution in [3.05, 3.63) is 18.5 Å². The molecule has 0 spiro atoms. The smallest absolute Gasteiger partial charge is 0.306 e. The van der Waals surface area contributed by atoms with Crippen LogP contribution in [0.1, 0.15) is 13.3 Å². The fourth-order valence-corrected chi connectivity index (χ4v) is 0.914. The van der Waals surface area contributed by atoms with E-state index in [2.05, 4.69) is 15.3 Å². The van der Waals surface area contributed by atoms with E-state index in [1.54, 1.807) is 25.4 Å². The standard InChI is InChI=1S/C9H13N3O2/c1-7(8(13)14)3-6-12-9-10-4-2-5-11-9/h2,4-5,7H,3,6H2,1H3,(H,13,14)(H,10,11,12). The van der Waals surface area contributed by atoms with Gasteiger partial charge >= 0.3 is 5.97 Å². The number of hydrogen-bond donors (Lipinski definition) is 2. The van der Waals surface area contributed by atoms with Gasteiger partial charge in [-0.3, -0.25) is 4.79 Å². The first-order chi connectivity index (χ1) is 6.70. The summed E-state index contributed by atoms with van der Waals surface area (Å²) in [6.07, 6.45) is 3.83. The van der Waals surface area contributed by atoms with Crippen LogP contribution < -0.4 is 5.32 Å². The van der Waals surface area contributed by atoms with E-state index < -0.39 is 5.97 Å². The number of rotatable bonds is 5. The van der Waals surface area contributed by atoms with Crippen LogP contribution in [0, 0.1) is 5.92 Å². The summed E-state index contributed by atoms with van der Waals surface area (Å²) in [6.45, 7) is 2.24. The van der Waals surface area contributed by atoms with Gasteiger partial charge in [-0.2, -0.15) is 0 Å². The van der Waals surface area contributed by atoms with Gasteiger partial charge in [0.2, 0.25) is 5.95 Å². The maximum atomic E-state index is 10.5. The molecular formula is C9H13N3O2. The number of hydrogen-bond acceptors (Lipinski definition) is 4. The lowest BCUT2D eigenvalue weighted by Crippen LogP contribution is -2.15. The molecular weight excluding hydrogens is 182 g/mol. The number of carbonyl (C=O) groups is 1. The van der Waals surface area contributed by atoms with Crippen molar-refractivity contribution >= 4 is 11.9 Å². The first-order valence-corrected chi connectivity index (χ1v) is 4.44. The van der Waals surface area contributed by atoms with Gasteiger partial charge in [-0.1, -0.05) is 6.92 Å². The second-order valence-electron chi connectivity index (χ2n) is 3.03. The molecule has 0 radical (unpaired) electrons. The summed E-state index contributed by atoms with van der Waals surface area (Å²) in [5.41, 5.74) is 0. The maximum Gasteiger partial charge on any atom is 0.306 e. The van der Waals surface area contributed by atoms with E-state index in [-0.39, 0.29) is 5.92 Å². The highest BCUT2D eigenvalue weighted by molar-refractivity contribution is 5.69. The molecule has 5 nitrogen and oxygen atoms in total. The van der Waals surface area contributed by atoms with Crippen LogP contribution in [0.5, 0.6) is 0 Å². The molecule has 0 aliphatic heterocycles. The Bertz CT molecular complexity index is 289. The van der Waals surface area contributed by atoms with Crippen LogP contribution in [0.4, 0.5) is 5.95 Å². The molecule has 14 heavy (non-hydrogen) atoms. The van der Waals surface area contributed by atoms with Gasteiger partial charge in [-0.15, -0.1) is 0 Å². The average molecular weight is 195 g/mol. The third kappa shape index (κ3) is 3.38. The Kier molecular flexibility index (Phi) is 3.84. The zero-order valence-corrected chi connectivity index (χ0v) is 7.97. The number of aliphatic carboxylic acids is 1. The maximum absolute atomic E-state index is 10.5. The predicted molar refractivity (Wildman–Crippen MR) is 51.9 cm³/mol. The molecule has 5 heteroatoms. The Hall–Kier alpha value is -1.65. The molecule has 0 aliphatic rings. The number of anilines is 1. The lowest BCUT2D eigenvalue weighted by atomic mass is 10.1. The normalized spacial score (nSPS) is 12.1. The van der Waals surface area contributed by atoms with Crippen molar-refractivity contribution in [2.75, 3.05) is 11.9 Å². The molecule has 0 saturated heterocycles. The fraction of sp³-hybridized carbons (Fsp3) is 0.444. The minimum Gasteiger partial charge on any atom is -0.481 e. The third-order valence-electron chi connectivity index (χ3n) is 1.85. The van der Waals surface area contributed by atoms with E-state index in [4.69, 9.17) is 5.11 Å². The Balaban J connectivity index is 2.26. The molecule has 1 aromatic heterocycles. The molecule has 1 unspecified atom stereocenters. The van der Waals surface area contributed by atoms with Crippen molar-refractivity contribution in [1.29, 1.82) is 0 Å². The monoisotopic (exact) mass is 195 g/mol. The molecule has 0 bridgehead atoms. The Morgan fingerprint density at radius 3 is 2.79 bits per heavy atom.